The fraction of sp³-hybridized carbons (Fsp3) is 0.200. The highest BCUT2D eigenvalue weighted by atomic mass is 16.5. The Morgan fingerprint density at radius 2 is 1.53 bits per heavy atom. The second-order valence-corrected chi connectivity index (χ2v) is 9.23. The van der Waals surface area contributed by atoms with Gasteiger partial charge in [0, 0.05) is 27.8 Å². The molecule has 6 rings (SSSR count). The van der Waals surface area contributed by atoms with E-state index in [4.69, 9.17) is 10.1 Å². The average molecular weight is 446 g/mol. The van der Waals surface area contributed by atoms with Gasteiger partial charge in [0.05, 0.1) is 0 Å². The van der Waals surface area contributed by atoms with E-state index in [2.05, 4.69) is 46.4 Å². The largest absolute Gasteiger partial charge is 0.457 e. The second-order valence-electron chi connectivity index (χ2n) is 9.23. The van der Waals surface area contributed by atoms with Crippen LogP contribution in [0.1, 0.15) is 48.8 Å². The average Bonchev–Trinajstić information content (AvgIpc) is 2.90. The molecule has 1 aromatic heterocycles. The molecule has 4 aromatic rings. The fourth-order valence-corrected chi connectivity index (χ4v) is 5.54. The van der Waals surface area contributed by atoms with Gasteiger partial charge in [0.15, 0.2) is 5.84 Å². The maximum absolute atomic E-state index is 8.78. The Kier molecular flexibility index (Phi) is 5.14. The molecule has 4 heteroatoms. The number of benzene rings is 3. The highest BCUT2D eigenvalue weighted by Crippen LogP contribution is 2.54. The van der Waals surface area contributed by atoms with Gasteiger partial charge >= 0.3 is 0 Å². The normalized spacial score (nSPS) is 16.4. The van der Waals surface area contributed by atoms with Crippen LogP contribution in [-0.4, -0.2) is 10.8 Å². The minimum atomic E-state index is -0.0436. The summed E-state index contributed by atoms with van der Waals surface area (Å²) in [5.74, 6) is 2.13. The molecule has 0 unspecified atom stereocenters. The van der Waals surface area contributed by atoms with Gasteiger partial charge in [-0.25, -0.2) is 4.99 Å². The number of ether oxygens (including phenoxy) is 1. The number of rotatable bonds is 2. The number of aromatic nitrogens is 1. The van der Waals surface area contributed by atoms with Gasteiger partial charge in [-0.1, -0.05) is 73.9 Å². The fourth-order valence-electron chi connectivity index (χ4n) is 5.54. The van der Waals surface area contributed by atoms with E-state index in [1.165, 1.54) is 30.4 Å². The zero-order chi connectivity index (χ0) is 23.0. The summed E-state index contributed by atoms with van der Waals surface area (Å²) in [4.78, 5) is 7.99. The lowest BCUT2D eigenvalue weighted by molar-refractivity contribution is 0.306. The molecule has 0 amide bonds. The molecule has 2 N–H and O–H groups in total. The van der Waals surface area contributed by atoms with Crippen LogP contribution in [0.25, 0.3) is 11.3 Å². The number of nitrogens with zero attached hydrogens (tertiary/aromatic N) is 1. The smallest absolute Gasteiger partial charge is 0.154 e. The first-order valence-electron chi connectivity index (χ1n) is 12.0. The summed E-state index contributed by atoms with van der Waals surface area (Å²) >= 11 is 0. The van der Waals surface area contributed by atoms with Gasteiger partial charge in [-0.05, 0) is 54.8 Å². The standard InChI is InChI=1S/C30H27N3O/c31-29(33-28-15-9-13-25(32-28)21-10-3-1-4-11-21)22-16-17-27-24(20-22)30(18-7-2-8-19-30)23-12-5-6-14-26(23)34-27/h1,3-6,9-17,20H,2,7-8,18-19H2,(H2,31,32,33). The number of H-pyrrole nitrogens is 1. The van der Waals surface area contributed by atoms with E-state index in [0.29, 0.717) is 5.49 Å². The molecule has 1 aliphatic heterocycles. The van der Waals surface area contributed by atoms with Crippen LogP contribution >= 0.6 is 0 Å². The molecule has 1 spiro atoms. The molecule has 2 heterocycles. The Bertz CT molecular complexity index is 1430. The van der Waals surface area contributed by atoms with Gasteiger partial charge < -0.3 is 9.72 Å². The summed E-state index contributed by atoms with van der Waals surface area (Å²) in [6.07, 6.45) is 5.92. The highest BCUT2D eigenvalue weighted by molar-refractivity contribution is 5.97. The van der Waals surface area contributed by atoms with E-state index in [-0.39, 0.29) is 11.3 Å². The molecule has 0 atom stereocenters. The van der Waals surface area contributed by atoms with Crippen LogP contribution in [0.2, 0.25) is 0 Å². The van der Waals surface area contributed by atoms with Gasteiger partial charge in [-0.3, -0.25) is 5.41 Å². The maximum atomic E-state index is 8.78. The molecule has 1 fully saturated rings. The van der Waals surface area contributed by atoms with Crippen molar-refractivity contribution >= 4 is 5.84 Å². The van der Waals surface area contributed by atoms with Gasteiger partial charge in [-0.2, -0.15) is 0 Å². The third-order valence-electron chi connectivity index (χ3n) is 7.19. The van der Waals surface area contributed by atoms with Crippen LogP contribution in [0, 0.1) is 5.41 Å². The van der Waals surface area contributed by atoms with Crippen molar-refractivity contribution in [1.82, 2.24) is 4.98 Å². The molecule has 168 valence electrons. The predicted octanol–water partition coefficient (Wildman–Crippen LogP) is 6.96. The van der Waals surface area contributed by atoms with Gasteiger partial charge in [0.1, 0.15) is 17.0 Å². The monoisotopic (exact) mass is 445 g/mol. The predicted molar refractivity (Wildman–Crippen MR) is 135 cm³/mol. The van der Waals surface area contributed by atoms with Crippen LogP contribution in [0.15, 0.2) is 96.0 Å². The molecule has 1 aliphatic carbocycles. The first-order chi connectivity index (χ1) is 16.7. The third-order valence-corrected chi connectivity index (χ3v) is 7.19. The number of amidine groups is 1. The van der Waals surface area contributed by atoms with Crippen LogP contribution in [-0.2, 0) is 5.41 Å². The number of nitrogens with one attached hydrogen (secondary N) is 2. The SMILES string of the molecule is N=C(/N=c1/cccc(-c2ccccc2)[nH]1)c1ccc2c(c1)C1(CCCCC1)c1ccccc1O2. The second kappa shape index (κ2) is 8.45. The molecule has 34 heavy (non-hydrogen) atoms. The maximum Gasteiger partial charge on any atom is 0.154 e. The quantitative estimate of drug-likeness (QED) is 0.254. The number of hydrogen-bond acceptors (Lipinski definition) is 2. The van der Waals surface area contributed by atoms with Gasteiger partial charge in [0.2, 0.25) is 0 Å². The van der Waals surface area contributed by atoms with E-state index < -0.39 is 0 Å². The van der Waals surface area contributed by atoms with E-state index in [9.17, 15) is 0 Å². The number of pyridine rings is 1. The summed E-state index contributed by atoms with van der Waals surface area (Å²) in [6.45, 7) is 0. The minimum Gasteiger partial charge on any atom is -0.457 e. The van der Waals surface area contributed by atoms with Crippen molar-refractivity contribution in [2.75, 3.05) is 0 Å². The zero-order valence-electron chi connectivity index (χ0n) is 19.1. The summed E-state index contributed by atoms with van der Waals surface area (Å²) in [5, 5.41) is 8.78. The van der Waals surface area contributed by atoms with Crippen molar-refractivity contribution < 1.29 is 4.74 Å². The summed E-state index contributed by atoms with van der Waals surface area (Å²) in [7, 11) is 0. The molecule has 2 aliphatic rings. The molecule has 4 nitrogen and oxygen atoms in total. The molecular weight excluding hydrogens is 418 g/mol. The topological polar surface area (TPSA) is 61.2 Å². The Labute approximate surface area is 199 Å². The molecule has 1 saturated carbocycles. The Morgan fingerprint density at radius 3 is 2.38 bits per heavy atom. The van der Waals surface area contributed by atoms with Crippen molar-refractivity contribution in [3.8, 4) is 22.8 Å². The lowest BCUT2D eigenvalue weighted by Crippen LogP contribution is -2.33. The summed E-state index contributed by atoms with van der Waals surface area (Å²) in [5.41, 5.74) is 5.99. The van der Waals surface area contributed by atoms with E-state index >= 15 is 0 Å². The molecular formula is C30H27N3O. The van der Waals surface area contributed by atoms with Crippen LogP contribution in [0.4, 0.5) is 0 Å². The van der Waals surface area contributed by atoms with E-state index in [0.717, 1.165) is 41.2 Å². The third kappa shape index (κ3) is 3.56. The molecule has 3 aromatic carbocycles. The van der Waals surface area contributed by atoms with Gasteiger partial charge in [0.25, 0.3) is 0 Å². The lowest BCUT2D eigenvalue weighted by atomic mass is 9.64. The highest BCUT2D eigenvalue weighted by Gasteiger charge is 2.42. The number of fused-ring (bicyclic) bond motifs is 4. The Hall–Kier alpha value is -3.92. The Morgan fingerprint density at radius 1 is 0.765 bits per heavy atom. The van der Waals surface area contributed by atoms with Crippen LogP contribution < -0.4 is 10.2 Å². The first kappa shape index (κ1) is 20.7. The van der Waals surface area contributed by atoms with Crippen LogP contribution in [0.3, 0.4) is 0 Å². The number of para-hydroxylation sites is 1. The van der Waals surface area contributed by atoms with Crippen molar-refractivity contribution in [3.05, 3.63) is 113 Å². The van der Waals surface area contributed by atoms with Crippen molar-refractivity contribution in [3.63, 3.8) is 0 Å². The lowest BCUT2D eigenvalue weighted by Gasteiger charge is -2.43. The van der Waals surface area contributed by atoms with E-state index in [1.807, 2.05) is 54.6 Å². The number of hydrogen-bond donors (Lipinski definition) is 2. The summed E-state index contributed by atoms with van der Waals surface area (Å²) < 4.78 is 6.32. The van der Waals surface area contributed by atoms with Crippen molar-refractivity contribution in [1.29, 1.82) is 5.41 Å². The summed E-state index contributed by atoms with van der Waals surface area (Å²) in [6, 6.07) is 30.6. The van der Waals surface area contributed by atoms with Crippen LogP contribution in [0.5, 0.6) is 11.5 Å². The number of aromatic amines is 1. The molecule has 0 radical (unpaired) electrons. The zero-order valence-corrected chi connectivity index (χ0v) is 19.1. The van der Waals surface area contributed by atoms with Gasteiger partial charge in [-0.15, -0.1) is 0 Å². The van der Waals surface area contributed by atoms with E-state index in [1.54, 1.807) is 0 Å². The van der Waals surface area contributed by atoms with Crippen molar-refractivity contribution in [2.45, 2.75) is 37.5 Å². The minimum absolute atomic E-state index is 0.0436. The first-order valence-corrected chi connectivity index (χ1v) is 12.0. The molecule has 0 saturated heterocycles. The van der Waals surface area contributed by atoms with Crippen molar-refractivity contribution in [2.24, 2.45) is 4.99 Å². The Balaban J connectivity index is 1.40. The molecule has 0 bridgehead atoms.